The molecule has 3 nitrogen and oxygen atoms in total. The Morgan fingerprint density at radius 1 is 1.15 bits per heavy atom. The first kappa shape index (κ1) is 21.4. The van der Waals surface area contributed by atoms with Gasteiger partial charge in [-0.05, 0) is 17.7 Å². The number of allylic oxidation sites excluding steroid dienone is 7. The van der Waals surface area contributed by atoms with Gasteiger partial charge in [0.1, 0.15) is 5.75 Å². The Balaban J connectivity index is 0.000000486. The smallest absolute Gasteiger partial charge is 0.872 e. The second kappa shape index (κ2) is 11.1. The average Bonchev–Trinajstić information content (AvgIpc) is 3.28. The van der Waals surface area contributed by atoms with Gasteiger partial charge in [-0.3, -0.25) is 0 Å². The first-order valence-corrected chi connectivity index (χ1v) is 7.51. The number of benzene rings is 1. The van der Waals surface area contributed by atoms with Crippen molar-refractivity contribution in [3.05, 3.63) is 96.1 Å². The van der Waals surface area contributed by atoms with Gasteiger partial charge in [0.05, 0.1) is 0 Å². The maximum absolute atomic E-state index is 12.3. The van der Waals surface area contributed by atoms with Gasteiger partial charge >= 0.3 is 24.5 Å². The van der Waals surface area contributed by atoms with Crippen molar-refractivity contribution in [1.82, 2.24) is 0 Å². The minimum atomic E-state index is -3.01. The van der Waals surface area contributed by atoms with Crippen molar-refractivity contribution >= 4 is 18.9 Å². The minimum absolute atomic E-state index is 0. The Bertz CT molecular complexity index is 769. The van der Waals surface area contributed by atoms with E-state index in [9.17, 15) is 13.7 Å². The molecule has 2 aromatic carbocycles. The fraction of sp³-hybridized carbons (Fsp3) is 0. The zero-order valence-electron chi connectivity index (χ0n) is 13.7. The Morgan fingerprint density at radius 2 is 1.81 bits per heavy atom. The summed E-state index contributed by atoms with van der Waals surface area (Å²) in [6, 6.07) is 14.0. The van der Waals surface area contributed by atoms with Gasteiger partial charge in [-0.1, -0.05) is 42.2 Å². The van der Waals surface area contributed by atoms with Gasteiger partial charge in [-0.2, -0.15) is 18.2 Å². The van der Waals surface area contributed by atoms with Crippen LogP contribution in [0.5, 0.6) is 5.75 Å². The first-order chi connectivity index (χ1) is 12.1. The standard InChI is InChI=1S/C14H12BF2NO2.C5H5.Fe/c16-15(17)20-14-9-11(18)6-7-12(14)13(19)8-5-10-3-1-2-4-10;1-2-4-5-3-1;/h1-9,19H,18H2;1-5H;/q;-1;+2/p-1. The Labute approximate surface area is 162 Å². The zero-order chi connectivity index (χ0) is 18.1. The number of anilines is 1. The van der Waals surface area contributed by atoms with Crippen molar-refractivity contribution in [2.75, 3.05) is 5.73 Å². The van der Waals surface area contributed by atoms with Crippen LogP contribution in [-0.4, -0.2) is 7.47 Å². The van der Waals surface area contributed by atoms with E-state index >= 15 is 0 Å². The summed E-state index contributed by atoms with van der Waals surface area (Å²) in [6.45, 7) is 0. The molecule has 0 spiro atoms. The molecule has 0 atom stereocenters. The van der Waals surface area contributed by atoms with Gasteiger partial charge in [-0.25, -0.2) is 20.8 Å². The summed E-state index contributed by atoms with van der Waals surface area (Å²) in [5, 5.41) is 12.0. The van der Waals surface area contributed by atoms with Gasteiger partial charge in [-0.15, -0.1) is 0 Å². The third-order valence-electron chi connectivity index (χ3n) is 3.16. The molecule has 0 radical (unpaired) electrons. The SMILES string of the molecule is Nc1ccc(C([O-])=CC=C2C=CC=C2)c(OB(F)F)c1.[Fe+2].c1cc[cH-]c1. The summed E-state index contributed by atoms with van der Waals surface area (Å²) in [4.78, 5) is 0. The fourth-order valence-corrected chi connectivity index (χ4v) is 2.02. The average molecular weight is 395 g/mol. The van der Waals surface area contributed by atoms with Crippen molar-refractivity contribution in [2.45, 2.75) is 0 Å². The maximum Gasteiger partial charge on any atom is 2.00 e. The molecule has 7 heteroatoms. The molecule has 0 saturated carbocycles. The van der Waals surface area contributed by atoms with E-state index in [-0.39, 0.29) is 34.1 Å². The molecule has 0 aliphatic heterocycles. The van der Waals surface area contributed by atoms with Crippen LogP contribution in [0.1, 0.15) is 5.56 Å². The maximum atomic E-state index is 12.3. The summed E-state index contributed by atoms with van der Waals surface area (Å²) in [6.07, 6.45) is 10.2. The van der Waals surface area contributed by atoms with Crippen LogP contribution in [0.25, 0.3) is 5.76 Å². The largest absolute Gasteiger partial charge is 2.00 e. The summed E-state index contributed by atoms with van der Waals surface area (Å²) >= 11 is 0. The molecule has 134 valence electrons. The van der Waals surface area contributed by atoms with Gasteiger partial charge in [0, 0.05) is 17.3 Å². The summed E-state index contributed by atoms with van der Waals surface area (Å²) < 4.78 is 28.9. The van der Waals surface area contributed by atoms with Crippen LogP contribution in [-0.2, 0) is 17.1 Å². The number of nitrogen functional groups attached to an aromatic ring is 1. The molecule has 1 aliphatic carbocycles. The van der Waals surface area contributed by atoms with Crippen molar-refractivity contribution in [1.29, 1.82) is 0 Å². The number of hydrogen-bond acceptors (Lipinski definition) is 3. The first-order valence-electron chi connectivity index (χ1n) is 7.51. The second-order valence-electron chi connectivity index (χ2n) is 5.01. The summed E-state index contributed by atoms with van der Waals surface area (Å²) in [5.41, 5.74) is 6.64. The van der Waals surface area contributed by atoms with Crippen LogP contribution in [0, 0.1) is 0 Å². The van der Waals surface area contributed by atoms with Crippen molar-refractivity contribution < 1.29 is 35.5 Å². The molecule has 0 bridgehead atoms. The molecule has 1 aliphatic rings. The van der Waals surface area contributed by atoms with E-state index in [0.29, 0.717) is 0 Å². The zero-order valence-corrected chi connectivity index (χ0v) is 14.8. The fourth-order valence-electron chi connectivity index (χ4n) is 2.02. The van der Waals surface area contributed by atoms with Gasteiger partial charge < -0.3 is 15.5 Å². The monoisotopic (exact) mass is 395 g/mol. The van der Waals surface area contributed by atoms with Crippen LogP contribution in [0.2, 0.25) is 0 Å². The van der Waals surface area contributed by atoms with Gasteiger partial charge in [0.15, 0.2) is 0 Å². The molecule has 2 aromatic rings. The van der Waals surface area contributed by atoms with Crippen molar-refractivity contribution in [2.24, 2.45) is 0 Å². The van der Waals surface area contributed by atoms with Crippen LogP contribution in [0.4, 0.5) is 14.3 Å². The number of nitrogens with two attached hydrogens (primary N) is 1. The van der Waals surface area contributed by atoms with E-state index in [4.69, 9.17) is 5.73 Å². The Kier molecular flexibility index (Phi) is 9.13. The molecule has 0 aromatic heterocycles. The van der Waals surface area contributed by atoms with Crippen LogP contribution in [0.3, 0.4) is 0 Å². The predicted octanol–water partition coefficient (Wildman–Crippen LogP) is 3.73. The van der Waals surface area contributed by atoms with E-state index in [1.54, 1.807) is 6.08 Å². The minimum Gasteiger partial charge on any atom is -0.872 e. The molecular formula is C19H16BF2FeNO2. The Morgan fingerprint density at radius 3 is 2.35 bits per heavy atom. The third-order valence-corrected chi connectivity index (χ3v) is 3.16. The summed E-state index contributed by atoms with van der Waals surface area (Å²) in [7, 11) is -3.01. The quantitative estimate of drug-likeness (QED) is 0.372. The molecule has 26 heavy (non-hydrogen) atoms. The molecule has 0 fully saturated rings. The normalized spacial score (nSPS) is 12.1. The van der Waals surface area contributed by atoms with Crippen molar-refractivity contribution in [3.8, 4) is 5.75 Å². The molecular weight excluding hydrogens is 379 g/mol. The van der Waals surface area contributed by atoms with Crippen LogP contribution < -0.4 is 15.5 Å². The topological polar surface area (TPSA) is 58.3 Å². The van der Waals surface area contributed by atoms with Gasteiger partial charge in [0.25, 0.3) is 0 Å². The third kappa shape index (κ3) is 7.09. The van der Waals surface area contributed by atoms with Crippen LogP contribution in [0.15, 0.2) is 90.6 Å². The molecule has 0 amide bonds. The van der Waals surface area contributed by atoms with E-state index in [1.807, 2.05) is 54.6 Å². The van der Waals surface area contributed by atoms with Crippen LogP contribution >= 0.6 is 0 Å². The number of rotatable bonds is 4. The van der Waals surface area contributed by atoms with Crippen molar-refractivity contribution in [3.63, 3.8) is 0 Å². The molecule has 3 rings (SSSR count). The summed E-state index contributed by atoms with van der Waals surface area (Å²) in [5.74, 6) is -0.654. The van der Waals surface area contributed by atoms with E-state index < -0.39 is 13.2 Å². The second-order valence-corrected chi connectivity index (χ2v) is 5.01. The van der Waals surface area contributed by atoms with E-state index in [0.717, 1.165) is 5.57 Å². The molecule has 0 unspecified atom stereocenters. The Hall–Kier alpha value is -2.63. The van der Waals surface area contributed by atoms with E-state index in [1.165, 1.54) is 24.3 Å². The van der Waals surface area contributed by atoms with E-state index in [2.05, 4.69) is 4.65 Å². The van der Waals surface area contributed by atoms with Gasteiger partial charge in [0.2, 0.25) is 0 Å². The number of hydrogen-bond donors (Lipinski definition) is 1. The predicted molar refractivity (Wildman–Crippen MR) is 95.8 cm³/mol. The molecule has 0 heterocycles. The molecule has 0 saturated heterocycles. The number of halogens is 2. The molecule has 2 N–H and O–H groups in total.